The van der Waals surface area contributed by atoms with Crippen molar-refractivity contribution in [3.8, 4) is 0 Å². The summed E-state index contributed by atoms with van der Waals surface area (Å²) in [6.45, 7) is 6.83. The second-order valence-electron chi connectivity index (χ2n) is 5.81. The van der Waals surface area contributed by atoms with Crippen molar-refractivity contribution < 1.29 is 4.74 Å². The molecule has 0 bridgehead atoms. The number of nitrogens with zero attached hydrogens (tertiary/aromatic N) is 2. The first kappa shape index (κ1) is 13.6. The highest BCUT2D eigenvalue weighted by molar-refractivity contribution is 5.58. The zero-order valence-electron chi connectivity index (χ0n) is 12.4. The summed E-state index contributed by atoms with van der Waals surface area (Å²) in [6, 6.07) is 0.384. The van der Waals surface area contributed by atoms with Gasteiger partial charge >= 0.3 is 0 Å². The third-order valence-corrected chi connectivity index (χ3v) is 3.92. The summed E-state index contributed by atoms with van der Waals surface area (Å²) in [5.41, 5.74) is 1.12. The fourth-order valence-corrected chi connectivity index (χ4v) is 2.46. The van der Waals surface area contributed by atoms with Gasteiger partial charge in [-0.2, -0.15) is 0 Å². The van der Waals surface area contributed by atoms with Crippen molar-refractivity contribution in [3.63, 3.8) is 0 Å². The molecular formula is C15H24N4O. The quantitative estimate of drug-likeness (QED) is 0.836. The molecule has 0 aromatic carbocycles. The van der Waals surface area contributed by atoms with E-state index in [1.165, 1.54) is 12.8 Å². The maximum Gasteiger partial charge on any atom is 0.136 e. The van der Waals surface area contributed by atoms with E-state index in [0.717, 1.165) is 55.6 Å². The van der Waals surface area contributed by atoms with Gasteiger partial charge in [-0.1, -0.05) is 6.92 Å². The number of hydrogen-bond acceptors (Lipinski definition) is 5. The van der Waals surface area contributed by atoms with Gasteiger partial charge in [0.15, 0.2) is 0 Å². The summed E-state index contributed by atoms with van der Waals surface area (Å²) in [5, 5.41) is 6.96. The SMILES string of the molecule is CCCNc1nc(C2CC2)nc(NC2CCOC2)c1C. The topological polar surface area (TPSA) is 59.1 Å². The molecule has 5 heteroatoms. The van der Waals surface area contributed by atoms with Crippen LogP contribution >= 0.6 is 0 Å². The van der Waals surface area contributed by atoms with Crippen molar-refractivity contribution in [1.82, 2.24) is 9.97 Å². The molecular weight excluding hydrogens is 252 g/mol. The van der Waals surface area contributed by atoms with Gasteiger partial charge in [-0.25, -0.2) is 9.97 Å². The van der Waals surface area contributed by atoms with Crippen LogP contribution in [0, 0.1) is 6.92 Å². The van der Waals surface area contributed by atoms with Gasteiger partial charge in [0.2, 0.25) is 0 Å². The van der Waals surface area contributed by atoms with Crippen molar-refractivity contribution in [2.45, 2.75) is 51.5 Å². The number of anilines is 2. The van der Waals surface area contributed by atoms with Gasteiger partial charge in [-0.15, -0.1) is 0 Å². The van der Waals surface area contributed by atoms with E-state index in [1.807, 2.05) is 0 Å². The lowest BCUT2D eigenvalue weighted by Gasteiger charge is -2.17. The summed E-state index contributed by atoms with van der Waals surface area (Å²) in [4.78, 5) is 9.46. The van der Waals surface area contributed by atoms with Gasteiger partial charge in [-0.05, 0) is 32.6 Å². The van der Waals surface area contributed by atoms with Crippen molar-refractivity contribution in [2.75, 3.05) is 30.4 Å². The molecule has 2 N–H and O–H groups in total. The smallest absolute Gasteiger partial charge is 0.136 e. The first-order valence-electron chi connectivity index (χ1n) is 7.74. The Balaban J connectivity index is 1.83. The number of rotatable bonds is 6. The molecule has 1 aromatic rings. The van der Waals surface area contributed by atoms with E-state index < -0.39 is 0 Å². The molecule has 0 spiro atoms. The van der Waals surface area contributed by atoms with Crippen LogP contribution in [0.15, 0.2) is 0 Å². The third-order valence-electron chi connectivity index (χ3n) is 3.92. The zero-order chi connectivity index (χ0) is 13.9. The van der Waals surface area contributed by atoms with Crippen LogP contribution in [0.4, 0.5) is 11.6 Å². The molecule has 1 saturated carbocycles. The Bertz CT molecular complexity index is 467. The van der Waals surface area contributed by atoms with E-state index in [0.29, 0.717) is 12.0 Å². The van der Waals surface area contributed by atoms with Gasteiger partial charge in [0.25, 0.3) is 0 Å². The minimum absolute atomic E-state index is 0.384. The standard InChI is InChI=1S/C15H24N4O/c1-3-7-16-13-10(2)14(17-12-6-8-20-9-12)19-15(18-13)11-4-5-11/h11-12H,3-9H2,1-2H3,(H2,16,17,18,19). The Kier molecular flexibility index (Phi) is 4.05. The van der Waals surface area contributed by atoms with Gasteiger partial charge in [-0.3, -0.25) is 0 Å². The largest absolute Gasteiger partial charge is 0.379 e. The molecule has 1 unspecified atom stereocenters. The Labute approximate surface area is 120 Å². The van der Waals surface area contributed by atoms with Crippen LogP contribution in [0.3, 0.4) is 0 Å². The molecule has 1 saturated heterocycles. The van der Waals surface area contributed by atoms with Crippen LogP contribution < -0.4 is 10.6 Å². The maximum absolute atomic E-state index is 5.43. The molecule has 110 valence electrons. The molecule has 3 rings (SSSR count). The zero-order valence-corrected chi connectivity index (χ0v) is 12.4. The Morgan fingerprint density at radius 2 is 2.00 bits per heavy atom. The Hall–Kier alpha value is -1.36. The molecule has 1 aromatic heterocycles. The normalized spacial score (nSPS) is 22.0. The predicted molar refractivity (Wildman–Crippen MR) is 80.4 cm³/mol. The van der Waals surface area contributed by atoms with E-state index in [-0.39, 0.29) is 0 Å². The summed E-state index contributed by atoms with van der Waals surface area (Å²) >= 11 is 0. The summed E-state index contributed by atoms with van der Waals surface area (Å²) in [7, 11) is 0. The number of hydrogen-bond donors (Lipinski definition) is 2. The number of aromatic nitrogens is 2. The molecule has 20 heavy (non-hydrogen) atoms. The maximum atomic E-state index is 5.43. The predicted octanol–water partition coefficient (Wildman–Crippen LogP) is 2.69. The van der Waals surface area contributed by atoms with Crippen LogP contribution in [0.2, 0.25) is 0 Å². The van der Waals surface area contributed by atoms with E-state index >= 15 is 0 Å². The monoisotopic (exact) mass is 276 g/mol. The van der Waals surface area contributed by atoms with Gasteiger partial charge in [0, 0.05) is 24.6 Å². The Morgan fingerprint density at radius 1 is 1.20 bits per heavy atom. The van der Waals surface area contributed by atoms with Crippen LogP contribution in [-0.4, -0.2) is 35.8 Å². The minimum Gasteiger partial charge on any atom is -0.379 e. The highest BCUT2D eigenvalue weighted by Gasteiger charge is 2.28. The van der Waals surface area contributed by atoms with Gasteiger partial charge in [0.05, 0.1) is 12.6 Å². The highest BCUT2D eigenvalue weighted by Crippen LogP contribution is 2.39. The van der Waals surface area contributed by atoms with Crippen LogP contribution in [0.25, 0.3) is 0 Å². The fourth-order valence-electron chi connectivity index (χ4n) is 2.46. The molecule has 0 radical (unpaired) electrons. The lowest BCUT2D eigenvalue weighted by atomic mass is 10.2. The minimum atomic E-state index is 0.384. The lowest BCUT2D eigenvalue weighted by Crippen LogP contribution is -2.21. The molecule has 0 amide bonds. The van der Waals surface area contributed by atoms with Gasteiger partial charge in [0.1, 0.15) is 17.5 Å². The van der Waals surface area contributed by atoms with E-state index in [2.05, 4.69) is 24.5 Å². The fraction of sp³-hybridized carbons (Fsp3) is 0.733. The van der Waals surface area contributed by atoms with E-state index in [9.17, 15) is 0 Å². The molecule has 1 aliphatic heterocycles. The Morgan fingerprint density at radius 3 is 2.65 bits per heavy atom. The van der Waals surface area contributed by atoms with Crippen molar-refractivity contribution in [2.24, 2.45) is 0 Å². The highest BCUT2D eigenvalue weighted by atomic mass is 16.5. The van der Waals surface area contributed by atoms with E-state index in [4.69, 9.17) is 14.7 Å². The summed E-state index contributed by atoms with van der Waals surface area (Å²) in [5.74, 6) is 3.54. The molecule has 2 fully saturated rings. The van der Waals surface area contributed by atoms with Crippen LogP contribution in [-0.2, 0) is 4.74 Å². The molecule has 5 nitrogen and oxygen atoms in total. The van der Waals surface area contributed by atoms with Crippen molar-refractivity contribution in [3.05, 3.63) is 11.4 Å². The second kappa shape index (κ2) is 5.95. The molecule has 2 aliphatic rings. The average molecular weight is 276 g/mol. The average Bonchev–Trinajstić information content (AvgIpc) is 3.18. The molecule has 1 aliphatic carbocycles. The summed E-state index contributed by atoms with van der Waals surface area (Å²) in [6.07, 6.45) is 4.60. The molecule has 1 atom stereocenters. The summed E-state index contributed by atoms with van der Waals surface area (Å²) < 4.78 is 5.43. The third kappa shape index (κ3) is 3.03. The van der Waals surface area contributed by atoms with Gasteiger partial charge < -0.3 is 15.4 Å². The van der Waals surface area contributed by atoms with E-state index in [1.54, 1.807) is 0 Å². The first-order chi connectivity index (χ1) is 9.78. The van der Waals surface area contributed by atoms with Crippen LogP contribution in [0.5, 0.6) is 0 Å². The number of ether oxygens (including phenoxy) is 1. The first-order valence-corrected chi connectivity index (χ1v) is 7.74. The lowest BCUT2D eigenvalue weighted by molar-refractivity contribution is 0.195. The van der Waals surface area contributed by atoms with Crippen LogP contribution in [0.1, 0.15) is 49.9 Å². The van der Waals surface area contributed by atoms with Crippen molar-refractivity contribution >= 4 is 11.6 Å². The van der Waals surface area contributed by atoms with Crippen molar-refractivity contribution in [1.29, 1.82) is 0 Å². The second-order valence-corrected chi connectivity index (χ2v) is 5.81. The number of nitrogens with one attached hydrogen (secondary N) is 2. The molecule has 2 heterocycles.